The molecule has 0 radical (unpaired) electrons. The smallest absolute Gasteiger partial charge is 0.253 e. The Kier molecular flexibility index (Phi) is 4.98. The minimum atomic E-state index is 0.0662. The second-order valence-electron chi connectivity index (χ2n) is 5.97. The van der Waals surface area contributed by atoms with E-state index in [1.54, 1.807) is 0 Å². The Morgan fingerprint density at radius 2 is 1.64 bits per heavy atom. The van der Waals surface area contributed by atoms with Crippen LogP contribution in [0.4, 0.5) is 0 Å². The maximum Gasteiger partial charge on any atom is 0.253 e. The topological polar surface area (TPSA) is 38.1 Å². The van der Waals surface area contributed by atoms with Crippen molar-refractivity contribution in [2.75, 3.05) is 13.1 Å². The van der Waals surface area contributed by atoms with Crippen LogP contribution in [0.2, 0.25) is 0 Å². The van der Waals surface area contributed by atoms with Crippen LogP contribution in [0.15, 0.2) is 60.7 Å². The molecule has 3 aromatic rings. The average molecular weight is 333 g/mol. The van der Waals surface area contributed by atoms with E-state index in [1.807, 2.05) is 72.8 Å². The third-order valence-corrected chi connectivity index (χ3v) is 4.31. The van der Waals surface area contributed by atoms with E-state index in [0.29, 0.717) is 18.7 Å². The van der Waals surface area contributed by atoms with E-state index in [4.69, 9.17) is 0 Å². The molecule has 128 valence electrons. The molecule has 25 heavy (non-hydrogen) atoms. The number of rotatable bonds is 5. The molecule has 0 saturated heterocycles. The molecule has 0 bridgehead atoms. The fraction of sp³-hybridized carbons (Fsp3) is 0.238. The average Bonchev–Trinajstić information content (AvgIpc) is 3.05. The van der Waals surface area contributed by atoms with E-state index in [9.17, 15) is 4.79 Å². The lowest BCUT2D eigenvalue weighted by Crippen LogP contribution is -2.30. The van der Waals surface area contributed by atoms with Crippen molar-refractivity contribution in [3.63, 3.8) is 0 Å². The highest BCUT2D eigenvalue weighted by atomic mass is 16.2. The molecule has 0 aliphatic rings. The molecule has 0 aliphatic carbocycles. The first kappa shape index (κ1) is 17.0. The van der Waals surface area contributed by atoms with E-state index >= 15 is 0 Å². The van der Waals surface area contributed by atoms with Crippen LogP contribution in [-0.4, -0.2) is 33.7 Å². The van der Waals surface area contributed by atoms with Crippen molar-refractivity contribution in [3.8, 4) is 16.9 Å². The second kappa shape index (κ2) is 7.34. The number of nitrogens with zero attached hydrogens (tertiary/aromatic N) is 3. The Labute approximate surface area is 148 Å². The number of carbonyl (C=O) groups excluding carboxylic acids is 1. The van der Waals surface area contributed by atoms with E-state index in [-0.39, 0.29) is 5.91 Å². The van der Waals surface area contributed by atoms with Crippen LogP contribution >= 0.6 is 0 Å². The molecule has 0 fully saturated rings. The maximum absolute atomic E-state index is 12.5. The number of aryl methyl sites for hydroxylation is 1. The van der Waals surface area contributed by atoms with E-state index in [1.165, 1.54) is 0 Å². The molecule has 0 saturated carbocycles. The van der Waals surface area contributed by atoms with E-state index < -0.39 is 0 Å². The molecular weight excluding hydrogens is 310 g/mol. The summed E-state index contributed by atoms with van der Waals surface area (Å²) in [5.74, 6) is 0.0662. The van der Waals surface area contributed by atoms with Crippen molar-refractivity contribution in [2.45, 2.75) is 20.8 Å². The molecule has 1 amide bonds. The lowest BCUT2D eigenvalue weighted by molar-refractivity contribution is 0.0773. The summed E-state index contributed by atoms with van der Waals surface area (Å²) in [4.78, 5) is 14.3. The Bertz CT molecular complexity index is 847. The SMILES string of the molecule is CCN(CC)C(=O)c1ccc(-n2nc(C)cc2-c2ccccc2)cc1. The van der Waals surface area contributed by atoms with Gasteiger partial charge in [-0.1, -0.05) is 30.3 Å². The second-order valence-corrected chi connectivity index (χ2v) is 5.97. The molecule has 0 N–H and O–H groups in total. The zero-order valence-corrected chi connectivity index (χ0v) is 14.9. The number of amides is 1. The molecule has 0 aliphatic heterocycles. The fourth-order valence-corrected chi connectivity index (χ4v) is 2.95. The van der Waals surface area contributed by atoms with Gasteiger partial charge in [-0.3, -0.25) is 4.79 Å². The Balaban J connectivity index is 1.95. The number of carbonyl (C=O) groups is 1. The molecule has 0 unspecified atom stereocenters. The van der Waals surface area contributed by atoms with Crippen molar-refractivity contribution in [2.24, 2.45) is 0 Å². The molecule has 1 heterocycles. The number of aromatic nitrogens is 2. The first-order chi connectivity index (χ1) is 12.1. The zero-order chi connectivity index (χ0) is 17.8. The Morgan fingerprint density at radius 3 is 2.24 bits per heavy atom. The minimum absolute atomic E-state index is 0.0662. The lowest BCUT2D eigenvalue weighted by Gasteiger charge is -2.18. The first-order valence-corrected chi connectivity index (χ1v) is 8.65. The fourth-order valence-electron chi connectivity index (χ4n) is 2.95. The summed E-state index contributed by atoms with van der Waals surface area (Å²) in [5.41, 5.74) is 4.77. The molecule has 4 nitrogen and oxygen atoms in total. The third-order valence-electron chi connectivity index (χ3n) is 4.31. The Morgan fingerprint density at radius 1 is 1.00 bits per heavy atom. The standard InChI is InChI=1S/C21H23N3O/c1-4-23(5-2)21(25)18-11-13-19(14-12-18)24-20(15-16(3)22-24)17-9-7-6-8-10-17/h6-15H,4-5H2,1-3H3. The van der Waals surface area contributed by atoms with Gasteiger partial charge in [0.1, 0.15) is 0 Å². The molecule has 0 atom stereocenters. The molecule has 3 rings (SSSR count). The summed E-state index contributed by atoms with van der Waals surface area (Å²) in [6.07, 6.45) is 0. The number of benzene rings is 2. The summed E-state index contributed by atoms with van der Waals surface area (Å²) in [5, 5.41) is 4.62. The number of hydrogen-bond acceptors (Lipinski definition) is 2. The van der Waals surface area contributed by atoms with Gasteiger partial charge >= 0.3 is 0 Å². The predicted molar refractivity (Wildman–Crippen MR) is 101 cm³/mol. The predicted octanol–water partition coefficient (Wildman–Crippen LogP) is 4.33. The summed E-state index contributed by atoms with van der Waals surface area (Å²) in [6, 6.07) is 19.9. The van der Waals surface area contributed by atoms with Crippen molar-refractivity contribution in [3.05, 3.63) is 71.9 Å². The first-order valence-electron chi connectivity index (χ1n) is 8.65. The Hall–Kier alpha value is -2.88. The summed E-state index contributed by atoms with van der Waals surface area (Å²) in [7, 11) is 0. The quantitative estimate of drug-likeness (QED) is 0.697. The van der Waals surface area contributed by atoms with Crippen LogP contribution in [0.3, 0.4) is 0 Å². The van der Waals surface area contributed by atoms with Crippen molar-refractivity contribution < 1.29 is 4.79 Å². The maximum atomic E-state index is 12.5. The van der Waals surface area contributed by atoms with Gasteiger partial charge in [-0.2, -0.15) is 5.10 Å². The van der Waals surface area contributed by atoms with Crippen molar-refractivity contribution >= 4 is 5.91 Å². The molecule has 0 spiro atoms. The largest absolute Gasteiger partial charge is 0.339 e. The highest BCUT2D eigenvalue weighted by Crippen LogP contribution is 2.24. The van der Waals surface area contributed by atoms with Crippen molar-refractivity contribution in [1.82, 2.24) is 14.7 Å². The minimum Gasteiger partial charge on any atom is -0.339 e. The van der Waals surface area contributed by atoms with Crippen molar-refractivity contribution in [1.29, 1.82) is 0 Å². The normalized spacial score (nSPS) is 10.7. The van der Waals surface area contributed by atoms with Gasteiger partial charge in [0.2, 0.25) is 0 Å². The van der Waals surface area contributed by atoms with Gasteiger partial charge in [0, 0.05) is 24.2 Å². The van der Waals surface area contributed by atoms with Gasteiger partial charge in [-0.05, 0) is 51.1 Å². The molecule has 1 aromatic heterocycles. The summed E-state index contributed by atoms with van der Waals surface area (Å²) in [6.45, 7) is 7.41. The van der Waals surface area contributed by atoms with Gasteiger partial charge in [0.05, 0.1) is 17.1 Å². The molecular formula is C21H23N3O. The van der Waals surface area contributed by atoms with Gasteiger partial charge in [-0.15, -0.1) is 0 Å². The number of hydrogen-bond donors (Lipinski definition) is 0. The highest BCUT2D eigenvalue weighted by molar-refractivity contribution is 5.94. The van der Waals surface area contributed by atoms with E-state index in [2.05, 4.69) is 23.3 Å². The molecule has 4 heteroatoms. The van der Waals surface area contributed by atoms with Crippen LogP contribution < -0.4 is 0 Å². The van der Waals surface area contributed by atoms with E-state index in [0.717, 1.165) is 22.6 Å². The summed E-state index contributed by atoms with van der Waals surface area (Å²) < 4.78 is 1.93. The van der Waals surface area contributed by atoms with Gasteiger partial charge in [-0.25, -0.2) is 4.68 Å². The van der Waals surface area contributed by atoms with Crippen LogP contribution in [0.5, 0.6) is 0 Å². The zero-order valence-electron chi connectivity index (χ0n) is 14.9. The van der Waals surface area contributed by atoms with Gasteiger partial charge in [0.15, 0.2) is 0 Å². The van der Waals surface area contributed by atoms with Crippen LogP contribution in [0, 0.1) is 6.92 Å². The lowest BCUT2D eigenvalue weighted by atomic mass is 10.1. The van der Waals surface area contributed by atoms with Crippen LogP contribution in [0.1, 0.15) is 29.9 Å². The molecule has 2 aromatic carbocycles. The van der Waals surface area contributed by atoms with Gasteiger partial charge < -0.3 is 4.90 Å². The van der Waals surface area contributed by atoms with Crippen LogP contribution in [0.25, 0.3) is 16.9 Å². The van der Waals surface area contributed by atoms with Crippen LogP contribution in [-0.2, 0) is 0 Å². The highest BCUT2D eigenvalue weighted by Gasteiger charge is 2.14. The summed E-state index contributed by atoms with van der Waals surface area (Å²) >= 11 is 0. The van der Waals surface area contributed by atoms with Gasteiger partial charge in [0.25, 0.3) is 5.91 Å². The third kappa shape index (κ3) is 3.48. The monoisotopic (exact) mass is 333 g/mol.